The van der Waals surface area contributed by atoms with Gasteiger partial charge in [-0.05, 0) is 48.9 Å². The van der Waals surface area contributed by atoms with Gasteiger partial charge in [0.25, 0.3) is 5.91 Å². The highest BCUT2D eigenvalue weighted by molar-refractivity contribution is 5.92. The van der Waals surface area contributed by atoms with Crippen molar-refractivity contribution in [2.45, 2.75) is 70.6 Å². The molecule has 196 valence electrons. The van der Waals surface area contributed by atoms with Crippen LogP contribution in [0.3, 0.4) is 0 Å². The van der Waals surface area contributed by atoms with Crippen molar-refractivity contribution in [3.05, 3.63) is 59.8 Å². The van der Waals surface area contributed by atoms with Gasteiger partial charge in [-0.25, -0.2) is 0 Å². The molecular weight excluding hydrogens is 466 g/mol. The zero-order valence-corrected chi connectivity index (χ0v) is 22.0. The van der Waals surface area contributed by atoms with Gasteiger partial charge in [-0.2, -0.15) is 0 Å². The Hall–Kier alpha value is -3.48. The van der Waals surface area contributed by atoms with Crippen molar-refractivity contribution in [2.24, 2.45) is 5.92 Å². The van der Waals surface area contributed by atoms with Crippen LogP contribution >= 0.6 is 0 Å². The molecule has 3 aromatic rings. The summed E-state index contributed by atoms with van der Waals surface area (Å²) in [6.07, 6.45) is 7.32. The zero-order chi connectivity index (χ0) is 25.9. The van der Waals surface area contributed by atoms with Crippen molar-refractivity contribution in [2.75, 3.05) is 13.7 Å². The lowest BCUT2D eigenvalue weighted by Crippen LogP contribution is -2.50. The molecule has 0 spiro atoms. The van der Waals surface area contributed by atoms with Crippen LogP contribution in [0.4, 0.5) is 0 Å². The maximum Gasteiger partial charge on any atom is 0.264 e. The monoisotopic (exact) mass is 503 g/mol. The highest BCUT2D eigenvalue weighted by Gasteiger charge is 2.42. The van der Waals surface area contributed by atoms with Gasteiger partial charge in [0.2, 0.25) is 5.91 Å². The second-order valence-corrected chi connectivity index (χ2v) is 10.6. The van der Waals surface area contributed by atoms with Gasteiger partial charge in [0.05, 0.1) is 7.11 Å². The molecule has 2 amide bonds. The Morgan fingerprint density at radius 3 is 2.70 bits per heavy atom. The number of hydrogen-bond acceptors (Lipinski definition) is 4. The molecule has 0 bridgehead atoms. The minimum Gasteiger partial charge on any atom is -0.497 e. The Balaban J connectivity index is 1.52. The van der Waals surface area contributed by atoms with E-state index in [4.69, 9.17) is 9.47 Å². The van der Waals surface area contributed by atoms with Crippen LogP contribution in [0, 0.1) is 5.92 Å². The van der Waals surface area contributed by atoms with Crippen molar-refractivity contribution in [1.29, 1.82) is 0 Å². The van der Waals surface area contributed by atoms with Crippen LogP contribution in [0.2, 0.25) is 0 Å². The van der Waals surface area contributed by atoms with E-state index in [1.807, 2.05) is 50.4 Å². The molecule has 0 saturated heterocycles. The van der Waals surface area contributed by atoms with Gasteiger partial charge in [0.1, 0.15) is 17.5 Å². The van der Waals surface area contributed by atoms with E-state index in [0.717, 1.165) is 42.1 Å². The van der Waals surface area contributed by atoms with Gasteiger partial charge in [-0.15, -0.1) is 0 Å². The molecule has 2 unspecified atom stereocenters. The van der Waals surface area contributed by atoms with Crippen LogP contribution in [-0.2, 0) is 16.0 Å². The highest BCUT2D eigenvalue weighted by Crippen LogP contribution is 2.38. The Labute approximate surface area is 218 Å². The third-order valence-corrected chi connectivity index (χ3v) is 7.71. The van der Waals surface area contributed by atoms with Crippen LogP contribution in [0.15, 0.2) is 48.7 Å². The number of methoxy groups -OCH3 is 1. The summed E-state index contributed by atoms with van der Waals surface area (Å²) in [5.41, 5.74) is 2.88. The lowest BCUT2D eigenvalue weighted by molar-refractivity contribution is -0.146. The highest BCUT2D eigenvalue weighted by atomic mass is 16.5. The fourth-order valence-electron chi connectivity index (χ4n) is 5.67. The number of nitrogens with zero attached hydrogens (tertiary/aromatic N) is 1. The number of hydrogen-bond donors (Lipinski definition) is 2. The summed E-state index contributed by atoms with van der Waals surface area (Å²) >= 11 is 0. The van der Waals surface area contributed by atoms with Gasteiger partial charge in [-0.1, -0.05) is 51.3 Å². The maximum absolute atomic E-state index is 14.0. The van der Waals surface area contributed by atoms with Crippen molar-refractivity contribution in [3.63, 3.8) is 0 Å². The minimum atomic E-state index is -0.774. The Morgan fingerprint density at radius 1 is 1.16 bits per heavy atom. The number of aromatic amines is 1. The summed E-state index contributed by atoms with van der Waals surface area (Å²) in [5, 5.41) is 4.41. The summed E-state index contributed by atoms with van der Waals surface area (Å²) in [5.74, 6) is 0.798. The molecule has 1 aromatic heterocycles. The van der Waals surface area contributed by atoms with E-state index in [0.29, 0.717) is 30.0 Å². The van der Waals surface area contributed by atoms with Gasteiger partial charge in [-0.3, -0.25) is 9.59 Å². The predicted octanol–water partition coefficient (Wildman–Crippen LogP) is 5.15. The average molecular weight is 504 g/mol. The van der Waals surface area contributed by atoms with E-state index in [9.17, 15) is 9.59 Å². The standard InChI is InChI=1S/C30H37N3O4/c1-19(2)28-30(35)33(16-15-20-18-31-25-12-8-7-11-23(20)25)27(29(34)32-21-9-5-4-6-10-21)24-14-13-22(36-3)17-26(24)37-28/h7-8,11-14,17-19,21,27-28,31H,4-6,9-10,15-16H2,1-3H3,(H,32,34). The SMILES string of the molecule is COc1ccc2c(c1)OC(C(C)C)C(=O)N(CCc1c[nH]c3ccccc13)C2C(=O)NC1CCCCC1. The number of benzene rings is 2. The van der Waals surface area contributed by atoms with Gasteiger partial charge >= 0.3 is 0 Å². The zero-order valence-electron chi connectivity index (χ0n) is 22.0. The molecule has 0 radical (unpaired) electrons. The number of nitrogens with one attached hydrogen (secondary N) is 2. The molecule has 1 aliphatic carbocycles. The van der Waals surface area contributed by atoms with E-state index < -0.39 is 12.1 Å². The first kappa shape index (κ1) is 25.2. The maximum atomic E-state index is 14.0. The molecule has 2 heterocycles. The number of para-hydroxylation sites is 1. The normalized spacial score (nSPS) is 20.4. The van der Waals surface area contributed by atoms with Crippen molar-refractivity contribution in [3.8, 4) is 11.5 Å². The number of carbonyl (C=O) groups is 2. The Kier molecular flexibility index (Phi) is 7.40. The summed E-state index contributed by atoms with van der Waals surface area (Å²) in [6.45, 7) is 4.35. The van der Waals surface area contributed by atoms with Crippen LogP contribution in [-0.4, -0.2) is 47.5 Å². The van der Waals surface area contributed by atoms with Crippen molar-refractivity contribution in [1.82, 2.24) is 15.2 Å². The quantitative estimate of drug-likeness (QED) is 0.467. The van der Waals surface area contributed by atoms with E-state index in [2.05, 4.69) is 16.4 Å². The van der Waals surface area contributed by atoms with Crippen LogP contribution in [0.1, 0.15) is 63.1 Å². The molecule has 7 heteroatoms. The Morgan fingerprint density at radius 2 is 1.95 bits per heavy atom. The molecule has 7 nitrogen and oxygen atoms in total. The van der Waals surface area contributed by atoms with Crippen LogP contribution in [0.5, 0.6) is 11.5 Å². The van der Waals surface area contributed by atoms with Crippen molar-refractivity contribution >= 4 is 22.7 Å². The molecule has 2 atom stereocenters. The van der Waals surface area contributed by atoms with E-state index in [1.54, 1.807) is 18.1 Å². The number of rotatable bonds is 7. The number of aromatic nitrogens is 1. The van der Waals surface area contributed by atoms with Crippen LogP contribution < -0.4 is 14.8 Å². The smallest absolute Gasteiger partial charge is 0.264 e. The second kappa shape index (κ2) is 10.9. The van der Waals surface area contributed by atoms with Gasteiger partial charge < -0.3 is 24.7 Å². The molecular formula is C30H37N3O4. The number of ether oxygens (including phenoxy) is 2. The second-order valence-electron chi connectivity index (χ2n) is 10.6. The number of fused-ring (bicyclic) bond motifs is 2. The molecule has 2 aliphatic rings. The lowest BCUT2D eigenvalue weighted by Gasteiger charge is -2.33. The molecule has 2 aromatic carbocycles. The van der Waals surface area contributed by atoms with E-state index in [-0.39, 0.29) is 23.8 Å². The molecule has 2 N–H and O–H groups in total. The fraction of sp³-hybridized carbons (Fsp3) is 0.467. The minimum absolute atomic E-state index is 0.0673. The van der Waals surface area contributed by atoms with E-state index >= 15 is 0 Å². The predicted molar refractivity (Wildman–Crippen MR) is 144 cm³/mol. The lowest BCUT2D eigenvalue weighted by atomic mass is 9.94. The summed E-state index contributed by atoms with van der Waals surface area (Å²) < 4.78 is 11.8. The molecule has 5 rings (SSSR count). The third-order valence-electron chi connectivity index (χ3n) is 7.71. The third kappa shape index (κ3) is 5.17. The molecule has 1 fully saturated rings. The molecule has 37 heavy (non-hydrogen) atoms. The summed E-state index contributed by atoms with van der Waals surface area (Å²) in [4.78, 5) is 33.0. The first-order valence-corrected chi connectivity index (χ1v) is 13.5. The molecule has 1 saturated carbocycles. The first-order valence-electron chi connectivity index (χ1n) is 13.5. The van der Waals surface area contributed by atoms with Gasteiger partial charge in [0, 0.05) is 41.3 Å². The fourth-order valence-corrected chi connectivity index (χ4v) is 5.67. The van der Waals surface area contributed by atoms with Gasteiger partial charge in [0.15, 0.2) is 6.10 Å². The largest absolute Gasteiger partial charge is 0.497 e. The number of carbonyl (C=O) groups excluding carboxylic acids is 2. The first-order chi connectivity index (χ1) is 18.0. The van der Waals surface area contributed by atoms with Crippen molar-refractivity contribution < 1.29 is 19.1 Å². The topological polar surface area (TPSA) is 83.7 Å². The summed E-state index contributed by atoms with van der Waals surface area (Å²) in [6, 6.07) is 13.0. The number of amides is 2. The average Bonchev–Trinajstić information content (AvgIpc) is 3.27. The summed E-state index contributed by atoms with van der Waals surface area (Å²) in [7, 11) is 1.60. The van der Waals surface area contributed by atoms with Crippen LogP contribution in [0.25, 0.3) is 10.9 Å². The Bertz CT molecular complexity index is 1260. The van der Waals surface area contributed by atoms with E-state index in [1.165, 1.54) is 6.42 Å². The number of H-pyrrole nitrogens is 1. The molecule has 1 aliphatic heterocycles.